The van der Waals surface area contributed by atoms with Crippen molar-refractivity contribution >= 4 is 28.7 Å². The zero-order valence-corrected chi connectivity index (χ0v) is 15.1. The Hall–Kier alpha value is -1.89. The van der Waals surface area contributed by atoms with Gasteiger partial charge in [-0.3, -0.25) is 0 Å². The van der Waals surface area contributed by atoms with Crippen molar-refractivity contribution in [3.8, 4) is 5.75 Å². The van der Waals surface area contributed by atoms with Crippen LogP contribution in [-0.2, 0) is 11.3 Å². The standard InChI is InChI=1S/C16H25N3O3S/c1-6-23-14(17)19-12-7-8-13(21-5)11(9-12)10-18-15(20)22-16(2,3)4/h7-9H,6,10H2,1-5H3,(H2,17,19)(H,18,20). The number of amides is 1. The van der Waals surface area contributed by atoms with Crippen LogP contribution in [0.3, 0.4) is 0 Å². The second-order valence-electron chi connectivity index (χ2n) is 5.73. The molecule has 0 aliphatic carbocycles. The van der Waals surface area contributed by atoms with E-state index in [0.29, 0.717) is 16.6 Å². The highest BCUT2D eigenvalue weighted by molar-refractivity contribution is 8.13. The fourth-order valence-electron chi connectivity index (χ4n) is 1.76. The van der Waals surface area contributed by atoms with E-state index in [1.54, 1.807) is 13.2 Å². The highest BCUT2D eigenvalue weighted by Gasteiger charge is 2.16. The van der Waals surface area contributed by atoms with Crippen molar-refractivity contribution in [2.24, 2.45) is 10.7 Å². The van der Waals surface area contributed by atoms with E-state index in [0.717, 1.165) is 11.3 Å². The van der Waals surface area contributed by atoms with Crippen LogP contribution in [0.2, 0.25) is 0 Å². The summed E-state index contributed by atoms with van der Waals surface area (Å²) in [6, 6.07) is 5.45. The highest BCUT2D eigenvalue weighted by atomic mass is 32.2. The molecular formula is C16H25N3O3S. The van der Waals surface area contributed by atoms with E-state index in [4.69, 9.17) is 15.2 Å². The summed E-state index contributed by atoms with van der Waals surface area (Å²) in [6.45, 7) is 7.74. The summed E-state index contributed by atoms with van der Waals surface area (Å²) < 4.78 is 10.5. The quantitative estimate of drug-likeness (QED) is 0.634. The first-order chi connectivity index (χ1) is 10.7. The van der Waals surface area contributed by atoms with Crippen molar-refractivity contribution in [3.05, 3.63) is 23.8 Å². The van der Waals surface area contributed by atoms with Gasteiger partial charge in [-0.05, 0) is 44.7 Å². The SMILES string of the molecule is CCSC(N)=Nc1ccc(OC)c(CNC(=O)OC(C)(C)C)c1. The minimum absolute atomic E-state index is 0.280. The Morgan fingerprint density at radius 2 is 2.09 bits per heavy atom. The molecule has 0 aliphatic heterocycles. The van der Waals surface area contributed by atoms with Crippen LogP contribution in [0, 0.1) is 0 Å². The van der Waals surface area contributed by atoms with Gasteiger partial charge in [0.05, 0.1) is 12.8 Å². The number of hydrogen-bond donors (Lipinski definition) is 2. The van der Waals surface area contributed by atoms with E-state index in [2.05, 4.69) is 10.3 Å². The smallest absolute Gasteiger partial charge is 0.407 e. The molecule has 1 amide bonds. The normalized spacial score (nSPS) is 12.0. The van der Waals surface area contributed by atoms with Gasteiger partial charge in [-0.25, -0.2) is 9.79 Å². The van der Waals surface area contributed by atoms with Gasteiger partial charge >= 0.3 is 6.09 Å². The number of hydrogen-bond acceptors (Lipinski definition) is 5. The molecule has 1 aromatic carbocycles. The molecule has 0 saturated heterocycles. The van der Waals surface area contributed by atoms with Crippen molar-refractivity contribution in [2.75, 3.05) is 12.9 Å². The number of amidine groups is 1. The summed E-state index contributed by atoms with van der Waals surface area (Å²) in [5.41, 5.74) is 6.80. The molecule has 0 aromatic heterocycles. The lowest BCUT2D eigenvalue weighted by atomic mass is 10.1. The maximum atomic E-state index is 11.8. The minimum Gasteiger partial charge on any atom is -0.496 e. The fraction of sp³-hybridized carbons (Fsp3) is 0.500. The molecule has 0 atom stereocenters. The van der Waals surface area contributed by atoms with Crippen molar-refractivity contribution in [3.63, 3.8) is 0 Å². The third-order valence-electron chi connectivity index (χ3n) is 2.62. The summed E-state index contributed by atoms with van der Waals surface area (Å²) in [5.74, 6) is 1.53. The lowest BCUT2D eigenvalue weighted by Crippen LogP contribution is -2.32. The Labute approximate surface area is 141 Å². The highest BCUT2D eigenvalue weighted by Crippen LogP contribution is 2.25. The Morgan fingerprint density at radius 1 is 1.39 bits per heavy atom. The average molecular weight is 339 g/mol. The van der Waals surface area contributed by atoms with E-state index in [9.17, 15) is 4.79 Å². The Morgan fingerprint density at radius 3 is 2.65 bits per heavy atom. The minimum atomic E-state index is -0.536. The lowest BCUT2D eigenvalue weighted by Gasteiger charge is -2.20. The molecular weight excluding hydrogens is 314 g/mol. The van der Waals surface area contributed by atoms with Gasteiger partial charge in [-0.1, -0.05) is 18.7 Å². The third-order valence-corrected chi connectivity index (χ3v) is 3.29. The number of benzene rings is 1. The molecule has 3 N–H and O–H groups in total. The average Bonchev–Trinajstić information content (AvgIpc) is 2.43. The molecule has 0 spiro atoms. The molecule has 6 nitrogen and oxygen atoms in total. The summed E-state index contributed by atoms with van der Waals surface area (Å²) in [7, 11) is 1.58. The van der Waals surface area contributed by atoms with Crippen LogP contribution >= 0.6 is 11.8 Å². The number of thioether (sulfide) groups is 1. The molecule has 1 rings (SSSR count). The van der Waals surface area contributed by atoms with Gasteiger partial charge in [-0.2, -0.15) is 0 Å². The van der Waals surface area contributed by atoms with Crippen LogP contribution in [0.5, 0.6) is 5.75 Å². The number of carbonyl (C=O) groups is 1. The first kappa shape index (κ1) is 19.2. The number of carbonyl (C=O) groups excluding carboxylic acids is 1. The van der Waals surface area contributed by atoms with Gasteiger partial charge in [0.15, 0.2) is 5.17 Å². The zero-order chi connectivity index (χ0) is 17.5. The first-order valence-electron chi connectivity index (χ1n) is 7.36. The van der Waals surface area contributed by atoms with Crippen LogP contribution < -0.4 is 15.8 Å². The molecule has 0 radical (unpaired) electrons. The number of nitrogens with two attached hydrogens (primary N) is 1. The molecule has 0 saturated carbocycles. The molecule has 0 fully saturated rings. The predicted molar refractivity (Wildman–Crippen MR) is 95.5 cm³/mol. The maximum Gasteiger partial charge on any atom is 0.407 e. The third kappa shape index (κ3) is 7.27. The molecule has 23 heavy (non-hydrogen) atoms. The van der Waals surface area contributed by atoms with Crippen LogP contribution in [0.15, 0.2) is 23.2 Å². The van der Waals surface area contributed by atoms with Gasteiger partial charge < -0.3 is 20.5 Å². The number of nitrogens with zero attached hydrogens (tertiary/aromatic N) is 1. The predicted octanol–water partition coefficient (Wildman–Crippen LogP) is 3.42. The van der Waals surface area contributed by atoms with E-state index >= 15 is 0 Å². The molecule has 0 unspecified atom stereocenters. The number of alkyl carbamates (subject to hydrolysis) is 1. The number of rotatable bonds is 5. The lowest BCUT2D eigenvalue weighted by molar-refractivity contribution is 0.0523. The van der Waals surface area contributed by atoms with Crippen LogP contribution in [0.25, 0.3) is 0 Å². The number of methoxy groups -OCH3 is 1. The van der Waals surface area contributed by atoms with Crippen LogP contribution in [-0.4, -0.2) is 29.7 Å². The van der Waals surface area contributed by atoms with Crippen molar-refractivity contribution in [2.45, 2.75) is 39.8 Å². The van der Waals surface area contributed by atoms with E-state index in [-0.39, 0.29) is 6.54 Å². The van der Waals surface area contributed by atoms with E-state index in [1.807, 2.05) is 39.8 Å². The summed E-state index contributed by atoms with van der Waals surface area (Å²) >= 11 is 1.47. The first-order valence-corrected chi connectivity index (χ1v) is 8.34. The number of nitrogens with one attached hydrogen (secondary N) is 1. The molecule has 128 valence electrons. The van der Waals surface area contributed by atoms with E-state index in [1.165, 1.54) is 11.8 Å². The van der Waals surface area contributed by atoms with Gasteiger partial charge in [0, 0.05) is 12.1 Å². The van der Waals surface area contributed by atoms with Crippen LogP contribution in [0.1, 0.15) is 33.3 Å². The summed E-state index contributed by atoms with van der Waals surface area (Å²) in [5, 5.41) is 3.21. The molecule has 7 heteroatoms. The van der Waals surface area contributed by atoms with E-state index < -0.39 is 11.7 Å². The molecule has 0 bridgehead atoms. The van der Waals surface area contributed by atoms with Gasteiger partial charge in [0.1, 0.15) is 11.4 Å². The van der Waals surface area contributed by atoms with Crippen LogP contribution in [0.4, 0.5) is 10.5 Å². The molecule has 0 aliphatic rings. The zero-order valence-electron chi connectivity index (χ0n) is 14.3. The van der Waals surface area contributed by atoms with Crippen molar-refractivity contribution < 1.29 is 14.3 Å². The fourth-order valence-corrected chi connectivity index (χ4v) is 2.23. The molecule has 1 aromatic rings. The Balaban J connectivity index is 2.83. The van der Waals surface area contributed by atoms with Gasteiger partial charge in [0.2, 0.25) is 0 Å². The summed E-state index contributed by atoms with van der Waals surface area (Å²) in [6.07, 6.45) is -0.477. The Bertz CT molecular complexity index is 568. The van der Waals surface area contributed by atoms with Gasteiger partial charge in [0.25, 0.3) is 0 Å². The van der Waals surface area contributed by atoms with Crippen molar-refractivity contribution in [1.29, 1.82) is 0 Å². The topological polar surface area (TPSA) is 85.9 Å². The number of ether oxygens (including phenoxy) is 2. The largest absolute Gasteiger partial charge is 0.496 e. The monoisotopic (exact) mass is 339 g/mol. The maximum absolute atomic E-state index is 11.8. The van der Waals surface area contributed by atoms with Gasteiger partial charge in [-0.15, -0.1) is 0 Å². The second kappa shape index (κ2) is 8.67. The Kier molecular flexibility index (Phi) is 7.22. The second-order valence-corrected chi connectivity index (χ2v) is 7.02. The van der Waals surface area contributed by atoms with Crippen molar-refractivity contribution in [1.82, 2.24) is 5.32 Å². The summed E-state index contributed by atoms with van der Waals surface area (Å²) in [4.78, 5) is 16.1. The molecule has 0 heterocycles. The number of aliphatic imine (C=N–C) groups is 1.